The lowest BCUT2D eigenvalue weighted by molar-refractivity contribution is -0.127. The SMILES string of the molecule is CCOc1cc(/C=C2\SC(=O)N(CC(=O)Nc3ccc(C)cc3C)C2=O)ccc1OCC#N. The van der Waals surface area contributed by atoms with Gasteiger partial charge in [-0.05, 0) is 67.9 Å². The van der Waals surface area contributed by atoms with Crippen LogP contribution in [-0.4, -0.2) is 41.7 Å². The lowest BCUT2D eigenvalue weighted by Crippen LogP contribution is -2.36. The van der Waals surface area contributed by atoms with E-state index in [-0.39, 0.29) is 18.1 Å². The first-order valence-electron chi connectivity index (χ1n) is 10.2. The zero-order valence-corrected chi connectivity index (χ0v) is 19.3. The zero-order chi connectivity index (χ0) is 24.0. The summed E-state index contributed by atoms with van der Waals surface area (Å²) in [6.07, 6.45) is 1.56. The number of nitrogens with zero attached hydrogens (tertiary/aromatic N) is 2. The van der Waals surface area contributed by atoms with Gasteiger partial charge in [0, 0.05) is 5.69 Å². The molecule has 2 aromatic rings. The van der Waals surface area contributed by atoms with Gasteiger partial charge in [0.2, 0.25) is 5.91 Å². The van der Waals surface area contributed by atoms with E-state index in [4.69, 9.17) is 14.7 Å². The zero-order valence-electron chi connectivity index (χ0n) is 18.5. The topological polar surface area (TPSA) is 109 Å². The second-order valence-corrected chi connectivity index (χ2v) is 8.21. The molecule has 33 heavy (non-hydrogen) atoms. The van der Waals surface area contributed by atoms with Crippen LogP contribution in [0.4, 0.5) is 10.5 Å². The molecule has 1 fully saturated rings. The van der Waals surface area contributed by atoms with E-state index in [1.54, 1.807) is 30.3 Å². The number of hydrogen-bond acceptors (Lipinski definition) is 7. The number of carbonyl (C=O) groups is 3. The second kappa shape index (κ2) is 10.7. The average molecular weight is 466 g/mol. The number of imide groups is 1. The summed E-state index contributed by atoms with van der Waals surface area (Å²) < 4.78 is 10.9. The summed E-state index contributed by atoms with van der Waals surface area (Å²) in [5.41, 5.74) is 3.21. The van der Waals surface area contributed by atoms with Crippen molar-refractivity contribution in [3.05, 3.63) is 58.0 Å². The van der Waals surface area contributed by atoms with Crippen molar-refractivity contribution in [1.29, 1.82) is 5.26 Å². The number of hydrogen-bond donors (Lipinski definition) is 1. The van der Waals surface area contributed by atoms with Gasteiger partial charge >= 0.3 is 0 Å². The molecule has 0 saturated carbocycles. The molecule has 1 N–H and O–H groups in total. The molecular weight excluding hydrogens is 442 g/mol. The minimum Gasteiger partial charge on any atom is -0.490 e. The summed E-state index contributed by atoms with van der Waals surface area (Å²) in [4.78, 5) is 38.8. The van der Waals surface area contributed by atoms with Gasteiger partial charge in [0.05, 0.1) is 11.5 Å². The Morgan fingerprint density at radius 3 is 2.64 bits per heavy atom. The summed E-state index contributed by atoms with van der Waals surface area (Å²) in [5.74, 6) is -0.160. The predicted molar refractivity (Wildman–Crippen MR) is 126 cm³/mol. The minimum absolute atomic E-state index is 0.123. The van der Waals surface area contributed by atoms with Gasteiger partial charge in [0.1, 0.15) is 12.6 Å². The molecule has 0 radical (unpaired) electrons. The Kier molecular flexibility index (Phi) is 7.74. The highest BCUT2D eigenvalue weighted by molar-refractivity contribution is 8.18. The quantitative estimate of drug-likeness (QED) is 0.580. The fourth-order valence-electron chi connectivity index (χ4n) is 3.19. The Bertz CT molecular complexity index is 1170. The van der Waals surface area contributed by atoms with Crippen molar-refractivity contribution >= 4 is 40.6 Å². The largest absolute Gasteiger partial charge is 0.490 e. The van der Waals surface area contributed by atoms with Gasteiger partial charge in [-0.3, -0.25) is 19.3 Å². The molecule has 3 amide bonds. The summed E-state index contributed by atoms with van der Waals surface area (Å²) >= 11 is 0.771. The first-order chi connectivity index (χ1) is 15.8. The molecule has 0 bridgehead atoms. The van der Waals surface area contributed by atoms with Crippen LogP contribution in [-0.2, 0) is 9.59 Å². The van der Waals surface area contributed by atoms with Crippen LogP contribution in [0.25, 0.3) is 6.08 Å². The molecule has 2 aromatic carbocycles. The Labute approximate surface area is 196 Å². The van der Waals surface area contributed by atoms with Crippen molar-refractivity contribution in [3.8, 4) is 17.6 Å². The van der Waals surface area contributed by atoms with E-state index in [1.165, 1.54) is 0 Å². The molecular formula is C24H23N3O5S. The first kappa shape index (κ1) is 23.9. The standard InChI is InChI=1S/C24H23N3O5S/c1-4-31-20-12-17(6-8-19(20)32-10-9-25)13-21-23(29)27(24(30)33-21)14-22(28)26-18-7-5-15(2)11-16(18)3/h5-8,11-13H,4,10,14H2,1-3H3,(H,26,28)/b21-13-. The van der Waals surface area contributed by atoms with Crippen LogP contribution in [0.1, 0.15) is 23.6 Å². The minimum atomic E-state index is -0.538. The number of carbonyl (C=O) groups excluding carboxylic acids is 3. The molecule has 1 aliphatic heterocycles. The molecule has 0 aromatic heterocycles. The van der Waals surface area contributed by atoms with E-state index < -0.39 is 17.1 Å². The van der Waals surface area contributed by atoms with Crippen LogP contribution >= 0.6 is 11.8 Å². The van der Waals surface area contributed by atoms with Crippen molar-refractivity contribution in [2.24, 2.45) is 0 Å². The molecule has 3 rings (SSSR count). The lowest BCUT2D eigenvalue weighted by atomic mass is 10.1. The maximum Gasteiger partial charge on any atom is 0.294 e. The third kappa shape index (κ3) is 5.93. The smallest absolute Gasteiger partial charge is 0.294 e. The monoisotopic (exact) mass is 465 g/mol. The van der Waals surface area contributed by atoms with E-state index >= 15 is 0 Å². The molecule has 0 aliphatic carbocycles. The molecule has 170 valence electrons. The van der Waals surface area contributed by atoms with Crippen molar-refractivity contribution in [3.63, 3.8) is 0 Å². The van der Waals surface area contributed by atoms with E-state index in [0.29, 0.717) is 29.4 Å². The normalized spacial score (nSPS) is 14.4. The summed E-state index contributed by atoms with van der Waals surface area (Å²) in [5, 5.41) is 10.9. The van der Waals surface area contributed by atoms with E-state index in [1.807, 2.05) is 39.0 Å². The van der Waals surface area contributed by atoms with Gasteiger partial charge in [0.15, 0.2) is 18.1 Å². The Morgan fingerprint density at radius 1 is 1.15 bits per heavy atom. The maximum atomic E-state index is 12.8. The highest BCUT2D eigenvalue weighted by Crippen LogP contribution is 2.34. The van der Waals surface area contributed by atoms with Gasteiger partial charge < -0.3 is 14.8 Å². The molecule has 1 saturated heterocycles. The average Bonchev–Trinajstić information content (AvgIpc) is 3.02. The molecule has 0 spiro atoms. The number of nitrogens with one attached hydrogen (secondary N) is 1. The molecule has 8 nitrogen and oxygen atoms in total. The molecule has 9 heteroatoms. The number of aryl methyl sites for hydroxylation is 2. The van der Waals surface area contributed by atoms with Crippen LogP contribution in [0.2, 0.25) is 0 Å². The number of nitriles is 1. The number of amides is 3. The van der Waals surface area contributed by atoms with Gasteiger partial charge in [0.25, 0.3) is 11.1 Å². The molecule has 0 atom stereocenters. The number of thioether (sulfide) groups is 1. The highest BCUT2D eigenvalue weighted by Gasteiger charge is 2.36. The third-order valence-electron chi connectivity index (χ3n) is 4.69. The lowest BCUT2D eigenvalue weighted by Gasteiger charge is -2.14. The second-order valence-electron chi connectivity index (χ2n) is 7.22. The van der Waals surface area contributed by atoms with Crippen molar-refractivity contribution in [2.75, 3.05) is 25.1 Å². The number of rotatable bonds is 8. The van der Waals surface area contributed by atoms with Crippen molar-refractivity contribution < 1.29 is 23.9 Å². The van der Waals surface area contributed by atoms with E-state index in [0.717, 1.165) is 27.8 Å². The number of benzene rings is 2. The number of ether oxygens (including phenoxy) is 2. The van der Waals surface area contributed by atoms with Crippen LogP contribution in [0, 0.1) is 25.2 Å². The fourth-order valence-corrected chi connectivity index (χ4v) is 4.03. The molecule has 1 heterocycles. The third-order valence-corrected chi connectivity index (χ3v) is 5.60. The first-order valence-corrected chi connectivity index (χ1v) is 11.0. The van der Waals surface area contributed by atoms with Gasteiger partial charge in [-0.1, -0.05) is 23.8 Å². The van der Waals surface area contributed by atoms with E-state index in [9.17, 15) is 14.4 Å². The summed E-state index contributed by atoms with van der Waals surface area (Å²) in [6, 6.07) is 12.5. The van der Waals surface area contributed by atoms with Gasteiger partial charge in [-0.15, -0.1) is 0 Å². The van der Waals surface area contributed by atoms with Crippen LogP contribution in [0.5, 0.6) is 11.5 Å². The number of anilines is 1. The predicted octanol–water partition coefficient (Wildman–Crippen LogP) is 4.28. The summed E-state index contributed by atoms with van der Waals surface area (Å²) in [7, 11) is 0. The molecule has 0 unspecified atom stereocenters. The highest BCUT2D eigenvalue weighted by atomic mass is 32.2. The Morgan fingerprint density at radius 2 is 1.94 bits per heavy atom. The van der Waals surface area contributed by atoms with E-state index in [2.05, 4.69) is 5.32 Å². The van der Waals surface area contributed by atoms with Gasteiger partial charge in [-0.25, -0.2) is 0 Å². The summed E-state index contributed by atoms with van der Waals surface area (Å²) in [6.45, 7) is 5.53. The van der Waals surface area contributed by atoms with Crippen LogP contribution in [0.15, 0.2) is 41.3 Å². The maximum absolute atomic E-state index is 12.8. The van der Waals surface area contributed by atoms with Crippen LogP contribution in [0.3, 0.4) is 0 Å². The van der Waals surface area contributed by atoms with Gasteiger partial charge in [-0.2, -0.15) is 5.26 Å². The van der Waals surface area contributed by atoms with Crippen LogP contribution < -0.4 is 14.8 Å². The fraction of sp³-hybridized carbons (Fsp3) is 0.250. The Hall–Kier alpha value is -3.77. The molecule has 1 aliphatic rings. The van der Waals surface area contributed by atoms with Crippen molar-refractivity contribution in [1.82, 2.24) is 4.90 Å². The van der Waals surface area contributed by atoms with Crippen molar-refractivity contribution in [2.45, 2.75) is 20.8 Å². The Balaban J connectivity index is 1.73.